The maximum Gasteiger partial charge on any atom is 0.303 e. The highest BCUT2D eigenvalue weighted by molar-refractivity contribution is 5.93. The minimum atomic E-state index is -1.45. The quantitative estimate of drug-likeness (QED) is 0.227. The first-order chi connectivity index (χ1) is 24.9. The topological polar surface area (TPSA) is 155 Å². The summed E-state index contributed by atoms with van der Waals surface area (Å²) >= 11 is 0. The number of ketones is 4. The standard InChI is InChI=1S/C23H30O5.C21H28O4/c1-14(24)28-13-20(26)23(27)11-8-19-17-5-4-15-12-16(25)6-9-21(15,2)18(17)7-10-22(19,23)3;1-19-8-5-14(23)11-13(19)3-4-15-16(19)6-9-20(2)17(15)7-10-21(20,25)18(24)12-22/h7,12,17,19,27H,4-6,8-11,13H2,1-3H3;6,11,15,17,22,25H,3-5,7-10,12H2,1-2H3/t17?,19?,21-,22-,23-;15-,17+,19+,20+,21+/m01/s1. The second-order valence-electron chi connectivity index (χ2n) is 18.6. The molecule has 0 aromatic rings. The van der Waals surface area contributed by atoms with Crippen LogP contribution in [0.3, 0.4) is 0 Å². The van der Waals surface area contributed by atoms with E-state index in [1.54, 1.807) is 0 Å². The summed E-state index contributed by atoms with van der Waals surface area (Å²) in [5.41, 5.74) is 1.40. The predicted molar refractivity (Wildman–Crippen MR) is 197 cm³/mol. The van der Waals surface area contributed by atoms with Gasteiger partial charge in [-0.05, 0) is 113 Å². The van der Waals surface area contributed by atoms with E-state index < -0.39 is 40.4 Å². The Morgan fingerprint density at radius 2 is 1.11 bits per heavy atom. The van der Waals surface area contributed by atoms with Crippen LogP contribution < -0.4 is 0 Å². The molecule has 8 aliphatic carbocycles. The van der Waals surface area contributed by atoms with Gasteiger partial charge in [-0.3, -0.25) is 24.0 Å². The minimum Gasteiger partial charge on any atom is -0.458 e. The molecule has 0 radical (unpaired) electrons. The normalized spacial score (nSPS) is 43.8. The summed E-state index contributed by atoms with van der Waals surface area (Å²) in [6.07, 6.45) is 18.8. The summed E-state index contributed by atoms with van der Waals surface area (Å²) in [4.78, 5) is 60.0. The molecule has 0 spiro atoms. The molecule has 10 atom stereocenters. The Morgan fingerprint density at radius 3 is 1.53 bits per heavy atom. The Kier molecular flexibility index (Phi) is 9.42. The maximum absolute atomic E-state index is 12.8. The second-order valence-corrected chi connectivity index (χ2v) is 18.6. The SMILES string of the molecule is CC(=O)OCC(=O)[C@@]1(O)CCC2C3CCC4=CC(=O)CC[C@]4(C)C3=CC[C@@]21C.C[C@]12CCC(=O)C=C1CC[C@@H]1C2=CC[C@@]2(C)[C@H]1CC[C@]2(O)C(=O)CO. The van der Waals surface area contributed by atoms with Gasteiger partial charge < -0.3 is 20.1 Å². The van der Waals surface area contributed by atoms with Crippen LogP contribution in [0.15, 0.2) is 46.6 Å². The van der Waals surface area contributed by atoms with Gasteiger partial charge in [-0.15, -0.1) is 0 Å². The van der Waals surface area contributed by atoms with Crippen LogP contribution in [0.1, 0.15) is 125 Å². The van der Waals surface area contributed by atoms with Crippen LogP contribution in [0.25, 0.3) is 0 Å². The monoisotopic (exact) mass is 730 g/mol. The van der Waals surface area contributed by atoms with Gasteiger partial charge in [-0.2, -0.15) is 0 Å². The van der Waals surface area contributed by atoms with Crippen molar-refractivity contribution in [2.45, 2.75) is 136 Å². The number of allylic oxidation sites excluding steroid dienone is 8. The van der Waals surface area contributed by atoms with Gasteiger partial charge in [0.1, 0.15) is 17.8 Å². The Bertz CT molecular complexity index is 1770. The van der Waals surface area contributed by atoms with Gasteiger partial charge in [0.2, 0.25) is 5.78 Å². The fourth-order valence-electron chi connectivity index (χ4n) is 13.1. The molecule has 8 rings (SSSR count). The van der Waals surface area contributed by atoms with Crippen LogP contribution in [0, 0.1) is 45.3 Å². The van der Waals surface area contributed by atoms with Crippen LogP contribution in [0.2, 0.25) is 0 Å². The fourth-order valence-corrected chi connectivity index (χ4v) is 13.1. The number of rotatable bonds is 5. The Morgan fingerprint density at radius 1 is 0.679 bits per heavy atom. The molecule has 0 heterocycles. The van der Waals surface area contributed by atoms with E-state index in [0.29, 0.717) is 50.4 Å². The zero-order chi connectivity index (χ0) is 38.4. The molecular formula is C44H58O9. The minimum absolute atomic E-state index is 0.0279. The van der Waals surface area contributed by atoms with Gasteiger partial charge in [0.25, 0.3) is 0 Å². The largest absolute Gasteiger partial charge is 0.458 e. The van der Waals surface area contributed by atoms with Crippen molar-refractivity contribution in [1.29, 1.82) is 0 Å². The molecule has 0 saturated heterocycles. The third-order valence-electron chi connectivity index (χ3n) is 16.5. The molecule has 53 heavy (non-hydrogen) atoms. The molecule has 8 aliphatic rings. The molecule has 0 bridgehead atoms. The highest BCUT2D eigenvalue weighted by Gasteiger charge is 2.66. The van der Waals surface area contributed by atoms with Gasteiger partial charge >= 0.3 is 5.97 Å². The molecule has 3 N–H and O–H groups in total. The number of hydrogen-bond acceptors (Lipinski definition) is 9. The molecular weight excluding hydrogens is 672 g/mol. The average Bonchev–Trinajstić information content (AvgIpc) is 3.57. The zero-order valence-electron chi connectivity index (χ0n) is 32.2. The summed E-state index contributed by atoms with van der Waals surface area (Å²) in [5.74, 6) is 0.372. The van der Waals surface area contributed by atoms with Gasteiger partial charge in [-0.1, -0.05) is 62.1 Å². The van der Waals surface area contributed by atoms with Crippen molar-refractivity contribution in [1.82, 2.24) is 0 Å². The summed E-state index contributed by atoms with van der Waals surface area (Å²) < 4.78 is 4.91. The van der Waals surface area contributed by atoms with Crippen LogP contribution in [-0.4, -0.2) is 68.8 Å². The Hall–Kier alpha value is -3.01. The smallest absolute Gasteiger partial charge is 0.303 e. The predicted octanol–water partition coefficient (Wildman–Crippen LogP) is 6.03. The molecule has 9 heteroatoms. The lowest BCUT2D eigenvalue weighted by molar-refractivity contribution is -0.162. The number of Topliss-reactive ketones (excluding diaryl/α,β-unsaturated/α-hetero) is 2. The van der Waals surface area contributed by atoms with E-state index in [1.165, 1.54) is 29.2 Å². The van der Waals surface area contributed by atoms with Crippen molar-refractivity contribution < 1.29 is 44.0 Å². The van der Waals surface area contributed by atoms with E-state index in [9.17, 15) is 39.3 Å². The number of carbonyl (C=O) groups excluding carboxylic acids is 5. The molecule has 4 fully saturated rings. The zero-order valence-corrected chi connectivity index (χ0v) is 32.2. The molecule has 4 saturated carbocycles. The van der Waals surface area contributed by atoms with Crippen LogP contribution >= 0.6 is 0 Å². The van der Waals surface area contributed by atoms with Crippen molar-refractivity contribution in [3.05, 3.63) is 46.6 Å². The number of aliphatic hydroxyl groups is 3. The Balaban J connectivity index is 0.000000165. The van der Waals surface area contributed by atoms with Gasteiger partial charge in [0.15, 0.2) is 24.0 Å². The van der Waals surface area contributed by atoms with Gasteiger partial charge in [-0.25, -0.2) is 0 Å². The van der Waals surface area contributed by atoms with E-state index in [0.717, 1.165) is 51.4 Å². The fraction of sp³-hybridized carbons (Fsp3) is 0.705. The molecule has 0 aromatic carbocycles. The highest BCUT2D eigenvalue weighted by Crippen LogP contribution is 2.67. The van der Waals surface area contributed by atoms with E-state index in [2.05, 4.69) is 26.0 Å². The first kappa shape index (κ1) is 38.3. The second kappa shape index (κ2) is 13.0. The molecule has 9 nitrogen and oxygen atoms in total. The number of aliphatic hydroxyl groups excluding tert-OH is 1. The number of fused-ring (bicyclic) bond motifs is 10. The summed E-state index contributed by atoms with van der Waals surface area (Å²) in [6.45, 7) is 8.92. The van der Waals surface area contributed by atoms with E-state index >= 15 is 0 Å². The maximum atomic E-state index is 12.8. The molecule has 2 unspecified atom stereocenters. The van der Waals surface area contributed by atoms with Crippen LogP contribution in [0.4, 0.5) is 0 Å². The summed E-state index contributed by atoms with van der Waals surface area (Å²) in [5, 5.41) is 31.9. The molecule has 288 valence electrons. The lowest BCUT2D eigenvalue weighted by Gasteiger charge is -2.54. The number of carbonyl (C=O) groups is 5. The number of ether oxygens (including phenoxy) is 1. The van der Waals surface area contributed by atoms with Gasteiger partial charge in [0, 0.05) is 41.4 Å². The van der Waals surface area contributed by atoms with Crippen molar-refractivity contribution in [3.8, 4) is 0 Å². The van der Waals surface area contributed by atoms with Crippen LogP contribution in [-0.2, 0) is 28.7 Å². The first-order valence-corrected chi connectivity index (χ1v) is 20.0. The first-order valence-electron chi connectivity index (χ1n) is 20.0. The highest BCUT2D eigenvalue weighted by atomic mass is 16.5. The number of hydrogen-bond donors (Lipinski definition) is 3. The van der Waals surface area contributed by atoms with Crippen molar-refractivity contribution >= 4 is 29.1 Å². The number of esters is 1. The third kappa shape index (κ3) is 5.52. The van der Waals surface area contributed by atoms with E-state index in [-0.39, 0.29) is 46.6 Å². The Labute approximate surface area is 313 Å². The van der Waals surface area contributed by atoms with Crippen molar-refractivity contribution in [2.24, 2.45) is 45.3 Å². The molecule has 0 amide bonds. The summed E-state index contributed by atoms with van der Waals surface area (Å²) in [7, 11) is 0. The summed E-state index contributed by atoms with van der Waals surface area (Å²) in [6, 6.07) is 0. The van der Waals surface area contributed by atoms with Crippen molar-refractivity contribution in [2.75, 3.05) is 13.2 Å². The van der Waals surface area contributed by atoms with E-state index in [4.69, 9.17) is 4.74 Å². The lowest BCUT2D eigenvalue weighted by Crippen LogP contribution is -2.55. The van der Waals surface area contributed by atoms with Crippen molar-refractivity contribution in [3.63, 3.8) is 0 Å². The molecule has 0 aliphatic heterocycles. The third-order valence-corrected chi connectivity index (χ3v) is 16.5. The van der Waals surface area contributed by atoms with Crippen LogP contribution in [0.5, 0.6) is 0 Å². The lowest BCUT2D eigenvalue weighted by atomic mass is 9.50. The molecule has 0 aromatic heterocycles. The average molecular weight is 731 g/mol. The van der Waals surface area contributed by atoms with E-state index in [1.807, 2.05) is 26.0 Å². The van der Waals surface area contributed by atoms with Gasteiger partial charge in [0.05, 0.1) is 0 Å².